The second kappa shape index (κ2) is 13.9. The Morgan fingerprint density at radius 2 is 1.65 bits per heavy atom. The van der Waals surface area contributed by atoms with Gasteiger partial charge in [0.15, 0.2) is 0 Å². The summed E-state index contributed by atoms with van der Waals surface area (Å²) in [6.07, 6.45) is 7.91. The molecule has 1 aromatic rings. The van der Waals surface area contributed by atoms with Gasteiger partial charge in [0.2, 0.25) is 23.6 Å². The van der Waals surface area contributed by atoms with E-state index >= 15 is 0 Å². The number of likely N-dealkylation sites (tertiary alicyclic amines) is 1. The van der Waals surface area contributed by atoms with Crippen molar-refractivity contribution in [2.45, 2.75) is 102 Å². The lowest BCUT2D eigenvalue weighted by atomic mass is 9.80. The first-order chi connectivity index (χ1) is 22.3. The predicted molar refractivity (Wildman–Crippen MR) is 173 cm³/mol. The van der Waals surface area contributed by atoms with Gasteiger partial charge in [-0.15, -0.1) is 11.3 Å². The SMILES string of the molecule is Cc1sc2nc1CC(=O)N1CC[C@@H](CC(=O)N3CCCC3)[C@@H](CC(=O)N3C[C@@H](NC4CCOCC4)C[C@H]3C(=O)N3CCC2CC3)C1. The van der Waals surface area contributed by atoms with Gasteiger partial charge >= 0.3 is 0 Å². The molecule has 0 aromatic carbocycles. The lowest BCUT2D eigenvalue weighted by Crippen LogP contribution is -2.51. The Morgan fingerprint density at radius 1 is 0.913 bits per heavy atom. The molecule has 11 nitrogen and oxygen atoms in total. The van der Waals surface area contributed by atoms with Crippen LogP contribution in [0.1, 0.15) is 85.7 Å². The Kier molecular flexibility index (Phi) is 9.66. The molecule has 1 aromatic heterocycles. The number of hydrogen-bond acceptors (Lipinski definition) is 8. The zero-order valence-electron chi connectivity index (χ0n) is 27.3. The fraction of sp³-hybridized carbons (Fsp3) is 0.794. The van der Waals surface area contributed by atoms with Crippen LogP contribution in [0.15, 0.2) is 0 Å². The molecular weight excluding hydrogens is 604 g/mol. The van der Waals surface area contributed by atoms with Gasteiger partial charge in [0.25, 0.3) is 0 Å². The number of fused-ring (bicyclic) bond motifs is 4. The van der Waals surface area contributed by atoms with Gasteiger partial charge in [-0.05, 0) is 70.1 Å². The van der Waals surface area contributed by atoms with Crippen LogP contribution in [0.2, 0.25) is 0 Å². The van der Waals surface area contributed by atoms with Crippen molar-refractivity contribution in [3.05, 3.63) is 15.6 Å². The highest BCUT2D eigenvalue weighted by Gasteiger charge is 2.44. The molecule has 0 radical (unpaired) electrons. The van der Waals surface area contributed by atoms with E-state index in [1.165, 1.54) is 0 Å². The van der Waals surface area contributed by atoms with Crippen molar-refractivity contribution in [1.29, 1.82) is 0 Å². The molecule has 252 valence electrons. The van der Waals surface area contributed by atoms with Crippen LogP contribution in [0, 0.1) is 18.8 Å². The zero-order valence-corrected chi connectivity index (χ0v) is 28.1. The van der Waals surface area contributed by atoms with E-state index < -0.39 is 6.04 Å². The Hall–Kier alpha value is -2.57. The van der Waals surface area contributed by atoms with Gasteiger partial charge in [-0.25, -0.2) is 4.98 Å². The van der Waals surface area contributed by atoms with Crippen LogP contribution in [-0.4, -0.2) is 125 Å². The third kappa shape index (κ3) is 6.85. The van der Waals surface area contributed by atoms with Gasteiger partial charge in [-0.3, -0.25) is 19.2 Å². The number of rotatable bonds is 4. The first-order valence-electron chi connectivity index (χ1n) is 17.8. The molecule has 8 rings (SSSR count). The summed E-state index contributed by atoms with van der Waals surface area (Å²) >= 11 is 1.70. The molecule has 8 heterocycles. The maximum Gasteiger partial charge on any atom is 0.245 e. The molecule has 4 atom stereocenters. The molecule has 1 N–H and O–H groups in total. The van der Waals surface area contributed by atoms with E-state index in [0.717, 1.165) is 80.4 Å². The number of piperidine rings is 2. The Labute approximate surface area is 276 Å². The van der Waals surface area contributed by atoms with Gasteiger partial charge in [-0.2, -0.15) is 0 Å². The van der Waals surface area contributed by atoms with E-state index in [2.05, 4.69) is 12.2 Å². The second-order valence-electron chi connectivity index (χ2n) is 14.5. The van der Waals surface area contributed by atoms with Gasteiger partial charge in [-0.1, -0.05) is 0 Å². The summed E-state index contributed by atoms with van der Waals surface area (Å²) in [7, 11) is 0. The molecule has 46 heavy (non-hydrogen) atoms. The zero-order chi connectivity index (χ0) is 31.8. The van der Waals surface area contributed by atoms with Crippen LogP contribution in [0.5, 0.6) is 0 Å². The van der Waals surface area contributed by atoms with Crippen molar-refractivity contribution in [3.8, 4) is 0 Å². The highest BCUT2D eigenvalue weighted by molar-refractivity contribution is 7.11. The predicted octanol–water partition coefficient (Wildman–Crippen LogP) is 2.32. The largest absolute Gasteiger partial charge is 0.381 e. The average molecular weight is 655 g/mol. The number of nitrogens with one attached hydrogen (secondary N) is 1. The maximum atomic E-state index is 14.3. The summed E-state index contributed by atoms with van der Waals surface area (Å²) in [5.74, 6) is 0.441. The second-order valence-corrected chi connectivity index (χ2v) is 15.8. The van der Waals surface area contributed by atoms with E-state index in [9.17, 15) is 19.2 Å². The molecule has 0 spiro atoms. The van der Waals surface area contributed by atoms with Crippen LogP contribution < -0.4 is 5.32 Å². The Morgan fingerprint density at radius 3 is 2.41 bits per heavy atom. The van der Waals surface area contributed by atoms with Gasteiger partial charge < -0.3 is 29.7 Å². The minimum atomic E-state index is -0.489. The quantitative estimate of drug-likeness (QED) is 0.530. The fourth-order valence-electron chi connectivity index (χ4n) is 8.73. The van der Waals surface area contributed by atoms with Crippen molar-refractivity contribution in [2.75, 3.05) is 59.0 Å². The van der Waals surface area contributed by atoms with Gasteiger partial charge in [0, 0.05) is 94.7 Å². The summed E-state index contributed by atoms with van der Waals surface area (Å²) in [5.41, 5.74) is 0.857. The molecule has 0 saturated carbocycles. The van der Waals surface area contributed by atoms with Crippen LogP contribution in [0.25, 0.3) is 0 Å². The van der Waals surface area contributed by atoms with Crippen molar-refractivity contribution in [1.82, 2.24) is 29.9 Å². The number of ether oxygens (including phenoxy) is 1. The topological polar surface area (TPSA) is 115 Å². The number of amides is 4. The third-order valence-electron chi connectivity index (χ3n) is 11.6. The smallest absolute Gasteiger partial charge is 0.245 e. The van der Waals surface area contributed by atoms with E-state index in [-0.39, 0.29) is 60.3 Å². The standard InChI is InChI=1S/C34H50N6O5S/c1-22-28-19-31(42)39-13-6-24(16-30(41)37-9-2-3-10-37)25(20-39)17-32(43)40-21-27(35-26-7-14-45-15-8-26)18-29(40)34(44)38-11-4-23(5-12-38)33(36-28)46-22/h23-27,29,35H,2-21H2,1H3/t24-,25-,27-,29-/m0/s1. The van der Waals surface area contributed by atoms with Crippen LogP contribution in [0.3, 0.4) is 0 Å². The van der Waals surface area contributed by atoms with Gasteiger partial charge in [0.1, 0.15) is 6.04 Å². The number of carbonyl (C=O) groups is 4. The molecule has 4 amide bonds. The number of aryl methyl sites for hydroxylation is 1. The highest BCUT2D eigenvalue weighted by Crippen LogP contribution is 2.36. The lowest BCUT2D eigenvalue weighted by molar-refractivity contribution is -0.146. The van der Waals surface area contributed by atoms with E-state index in [1.807, 2.05) is 19.6 Å². The molecule has 7 aliphatic rings. The molecule has 5 saturated heterocycles. The molecule has 6 bridgehead atoms. The Balaban J connectivity index is 1.16. The Bertz CT molecular complexity index is 1300. The molecule has 5 fully saturated rings. The van der Waals surface area contributed by atoms with Crippen LogP contribution in [0.4, 0.5) is 0 Å². The maximum absolute atomic E-state index is 14.3. The first kappa shape index (κ1) is 32.0. The molecule has 0 unspecified atom stereocenters. The van der Waals surface area contributed by atoms with Crippen molar-refractivity contribution in [3.63, 3.8) is 0 Å². The van der Waals surface area contributed by atoms with Crippen molar-refractivity contribution in [2.24, 2.45) is 11.8 Å². The normalized spacial score (nSPS) is 31.5. The summed E-state index contributed by atoms with van der Waals surface area (Å²) in [6.45, 7) is 8.03. The van der Waals surface area contributed by atoms with E-state index in [0.29, 0.717) is 58.0 Å². The highest BCUT2D eigenvalue weighted by atomic mass is 32.1. The molecule has 7 aliphatic heterocycles. The summed E-state index contributed by atoms with van der Waals surface area (Å²) < 4.78 is 5.56. The minimum Gasteiger partial charge on any atom is -0.381 e. The van der Waals surface area contributed by atoms with Crippen LogP contribution >= 0.6 is 11.3 Å². The monoisotopic (exact) mass is 654 g/mol. The molecular formula is C34H50N6O5S. The number of hydrogen-bond donors (Lipinski definition) is 1. The number of thiazole rings is 1. The molecule has 12 heteroatoms. The fourth-order valence-corrected chi connectivity index (χ4v) is 9.84. The number of carbonyl (C=O) groups excluding carboxylic acids is 4. The third-order valence-corrected chi connectivity index (χ3v) is 12.7. The lowest BCUT2D eigenvalue weighted by Gasteiger charge is -2.40. The van der Waals surface area contributed by atoms with Crippen LogP contribution in [-0.2, 0) is 30.3 Å². The summed E-state index contributed by atoms with van der Waals surface area (Å²) in [5, 5.41) is 4.84. The summed E-state index contributed by atoms with van der Waals surface area (Å²) in [6, 6.07) is -0.106. The number of nitrogens with zero attached hydrogens (tertiary/aromatic N) is 5. The van der Waals surface area contributed by atoms with E-state index in [4.69, 9.17) is 9.72 Å². The first-order valence-corrected chi connectivity index (χ1v) is 18.6. The summed E-state index contributed by atoms with van der Waals surface area (Å²) in [4.78, 5) is 69.3. The van der Waals surface area contributed by atoms with Crippen molar-refractivity contribution < 1.29 is 23.9 Å². The van der Waals surface area contributed by atoms with Gasteiger partial charge in [0.05, 0.1) is 17.1 Å². The molecule has 0 aliphatic carbocycles. The minimum absolute atomic E-state index is 0.0219. The number of aromatic nitrogens is 1. The average Bonchev–Trinajstić information content (AvgIpc) is 3.83. The van der Waals surface area contributed by atoms with E-state index in [1.54, 1.807) is 11.3 Å². The van der Waals surface area contributed by atoms with Crippen molar-refractivity contribution >= 4 is 35.0 Å².